The van der Waals surface area contributed by atoms with Gasteiger partial charge in [0.15, 0.2) is 0 Å². The molecule has 0 N–H and O–H groups in total. The van der Waals surface area contributed by atoms with Gasteiger partial charge in [0.1, 0.15) is 6.04 Å². The first-order chi connectivity index (χ1) is 11.5. The van der Waals surface area contributed by atoms with Gasteiger partial charge < -0.3 is 9.47 Å². The van der Waals surface area contributed by atoms with Gasteiger partial charge in [-0.15, -0.1) is 0 Å². The molecule has 0 aliphatic carbocycles. The molecule has 1 atom stereocenters. The van der Waals surface area contributed by atoms with Crippen molar-refractivity contribution in [2.45, 2.75) is 45.8 Å². The van der Waals surface area contributed by atoms with Crippen molar-refractivity contribution in [3.63, 3.8) is 0 Å². The second-order valence-electron chi connectivity index (χ2n) is 5.63. The van der Waals surface area contributed by atoms with Gasteiger partial charge in [0.05, 0.1) is 12.7 Å². The molecule has 0 bridgehead atoms. The summed E-state index contributed by atoms with van der Waals surface area (Å²) >= 11 is 3.37. The van der Waals surface area contributed by atoms with Crippen LogP contribution >= 0.6 is 15.9 Å². The third-order valence-electron chi connectivity index (χ3n) is 3.31. The Bertz CT molecular complexity index is 507. The maximum atomic E-state index is 12.5. The van der Waals surface area contributed by atoms with Gasteiger partial charge in [-0.2, -0.15) is 0 Å². The molecule has 0 unspecified atom stereocenters. The largest absolute Gasteiger partial charge is 0.464 e. The third kappa shape index (κ3) is 6.91. The second-order valence-corrected chi connectivity index (χ2v) is 6.42. The van der Waals surface area contributed by atoms with Gasteiger partial charge in [0.2, 0.25) is 0 Å². The van der Waals surface area contributed by atoms with Gasteiger partial charge in [-0.05, 0) is 32.8 Å². The van der Waals surface area contributed by atoms with Crippen LogP contribution in [-0.4, -0.2) is 47.6 Å². The Balaban J connectivity index is 3.03. The molecule has 0 aliphatic heterocycles. The normalized spacial score (nSPS) is 11.9. The molecular weight excluding hydrogens is 374 g/mol. The van der Waals surface area contributed by atoms with Crippen molar-refractivity contribution in [1.82, 2.24) is 4.90 Å². The predicted molar refractivity (Wildman–Crippen MR) is 97.3 cm³/mol. The van der Waals surface area contributed by atoms with Crippen LogP contribution in [0, 0.1) is 0 Å². The molecular formula is C18H26BrNO4. The van der Waals surface area contributed by atoms with E-state index in [1.165, 1.54) is 4.90 Å². The highest BCUT2D eigenvalue weighted by Crippen LogP contribution is 2.14. The number of rotatable bonds is 9. The SMILES string of the molecule is CCOC(=O)[C@H](Cc1ccccc1)N(CCCBr)C(=O)OC(C)C. The Morgan fingerprint density at radius 2 is 1.88 bits per heavy atom. The lowest BCUT2D eigenvalue weighted by atomic mass is 10.0. The van der Waals surface area contributed by atoms with Crippen LogP contribution in [-0.2, 0) is 20.7 Å². The molecule has 5 nitrogen and oxygen atoms in total. The molecule has 1 amide bonds. The van der Waals surface area contributed by atoms with E-state index in [9.17, 15) is 9.59 Å². The lowest BCUT2D eigenvalue weighted by Crippen LogP contribution is -2.48. The molecule has 0 heterocycles. The summed E-state index contributed by atoms with van der Waals surface area (Å²) in [5.41, 5.74) is 0.969. The summed E-state index contributed by atoms with van der Waals surface area (Å²) in [6.45, 7) is 6.03. The predicted octanol–water partition coefficient (Wildman–Crippen LogP) is 3.79. The number of nitrogens with zero attached hydrogens (tertiary/aromatic N) is 1. The second kappa shape index (κ2) is 11.1. The van der Waals surface area contributed by atoms with E-state index in [0.717, 1.165) is 17.3 Å². The maximum Gasteiger partial charge on any atom is 0.410 e. The van der Waals surface area contributed by atoms with E-state index in [4.69, 9.17) is 9.47 Å². The van der Waals surface area contributed by atoms with Gasteiger partial charge in [-0.3, -0.25) is 4.90 Å². The Labute approximate surface area is 152 Å². The molecule has 6 heteroatoms. The number of alkyl halides is 1. The highest BCUT2D eigenvalue weighted by molar-refractivity contribution is 9.09. The zero-order valence-corrected chi connectivity index (χ0v) is 16.1. The van der Waals surface area contributed by atoms with E-state index >= 15 is 0 Å². The van der Waals surface area contributed by atoms with E-state index in [-0.39, 0.29) is 12.7 Å². The minimum atomic E-state index is -0.697. The Morgan fingerprint density at radius 3 is 2.42 bits per heavy atom. The molecule has 1 aromatic rings. The molecule has 1 aromatic carbocycles. The van der Waals surface area contributed by atoms with Crippen LogP contribution in [0.5, 0.6) is 0 Å². The number of halogens is 1. The molecule has 0 aromatic heterocycles. The van der Waals surface area contributed by atoms with Crippen LogP contribution in [0.1, 0.15) is 32.8 Å². The first-order valence-electron chi connectivity index (χ1n) is 8.23. The van der Waals surface area contributed by atoms with Crippen LogP contribution in [0.4, 0.5) is 4.79 Å². The zero-order valence-electron chi connectivity index (χ0n) is 14.5. The van der Waals surface area contributed by atoms with Crippen molar-refractivity contribution in [3.8, 4) is 0 Å². The van der Waals surface area contributed by atoms with Crippen molar-refractivity contribution in [1.29, 1.82) is 0 Å². The summed E-state index contributed by atoms with van der Waals surface area (Å²) in [4.78, 5) is 26.4. The number of amides is 1. The number of carbonyl (C=O) groups excluding carboxylic acids is 2. The van der Waals surface area contributed by atoms with Gasteiger partial charge >= 0.3 is 12.1 Å². The van der Waals surface area contributed by atoms with Gasteiger partial charge in [-0.25, -0.2) is 9.59 Å². The molecule has 0 fully saturated rings. The summed E-state index contributed by atoms with van der Waals surface area (Å²) in [5.74, 6) is -0.406. The molecule has 0 saturated carbocycles. The van der Waals surface area contributed by atoms with E-state index in [1.54, 1.807) is 20.8 Å². The van der Waals surface area contributed by atoms with E-state index in [0.29, 0.717) is 13.0 Å². The molecule has 1 rings (SSSR count). The lowest BCUT2D eigenvalue weighted by Gasteiger charge is -2.30. The molecule has 24 heavy (non-hydrogen) atoms. The molecule has 0 spiro atoms. The molecule has 134 valence electrons. The first kappa shape index (κ1) is 20.5. The number of benzene rings is 1. The summed E-state index contributed by atoms with van der Waals surface area (Å²) in [6.07, 6.45) is 0.385. The summed E-state index contributed by atoms with van der Waals surface area (Å²) < 4.78 is 10.5. The molecule has 0 radical (unpaired) electrons. The number of esters is 1. The zero-order chi connectivity index (χ0) is 17.9. The smallest absolute Gasteiger partial charge is 0.410 e. The van der Waals surface area contributed by atoms with Gasteiger partial charge in [-0.1, -0.05) is 46.3 Å². The summed E-state index contributed by atoms with van der Waals surface area (Å²) in [5, 5.41) is 0.735. The number of ether oxygens (including phenoxy) is 2. The van der Waals surface area contributed by atoms with Crippen LogP contribution in [0.15, 0.2) is 30.3 Å². The summed E-state index contributed by atoms with van der Waals surface area (Å²) in [7, 11) is 0. The monoisotopic (exact) mass is 399 g/mol. The molecule has 0 saturated heterocycles. The van der Waals surface area contributed by atoms with Crippen LogP contribution in [0.2, 0.25) is 0 Å². The minimum absolute atomic E-state index is 0.247. The number of carbonyl (C=O) groups is 2. The standard InChI is InChI=1S/C18H26BrNO4/c1-4-23-17(21)16(13-15-9-6-5-7-10-15)20(12-8-11-19)18(22)24-14(2)3/h5-7,9-10,14,16H,4,8,11-13H2,1-3H3/t16-/m0/s1. The number of hydrogen-bond donors (Lipinski definition) is 0. The van der Waals surface area contributed by atoms with Crippen molar-refractivity contribution in [2.24, 2.45) is 0 Å². The average Bonchev–Trinajstić information content (AvgIpc) is 2.54. The van der Waals surface area contributed by atoms with E-state index in [1.807, 2.05) is 30.3 Å². The Hall–Kier alpha value is -1.56. The van der Waals surface area contributed by atoms with Crippen LogP contribution < -0.4 is 0 Å². The highest BCUT2D eigenvalue weighted by atomic mass is 79.9. The van der Waals surface area contributed by atoms with Crippen molar-refractivity contribution < 1.29 is 19.1 Å². The lowest BCUT2D eigenvalue weighted by molar-refractivity contribution is -0.149. The molecule has 0 aliphatic rings. The van der Waals surface area contributed by atoms with E-state index in [2.05, 4.69) is 15.9 Å². The summed E-state index contributed by atoms with van der Waals surface area (Å²) in [6, 6.07) is 8.90. The quantitative estimate of drug-likeness (QED) is 0.468. The topological polar surface area (TPSA) is 55.8 Å². The van der Waals surface area contributed by atoms with Crippen molar-refractivity contribution in [3.05, 3.63) is 35.9 Å². The minimum Gasteiger partial charge on any atom is -0.464 e. The average molecular weight is 400 g/mol. The van der Waals surface area contributed by atoms with E-state index < -0.39 is 18.1 Å². The van der Waals surface area contributed by atoms with Gasteiger partial charge in [0.25, 0.3) is 0 Å². The fraction of sp³-hybridized carbons (Fsp3) is 0.556. The fourth-order valence-electron chi connectivity index (χ4n) is 2.27. The van der Waals surface area contributed by atoms with Crippen LogP contribution in [0.3, 0.4) is 0 Å². The van der Waals surface area contributed by atoms with Gasteiger partial charge in [0, 0.05) is 18.3 Å². The third-order valence-corrected chi connectivity index (χ3v) is 3.87. The fourth-order valence-corrected chi connectivity index (χ4v) is 2.52. The highest BCUT2D eigenvalue weighted by Gasteiger charge is 2.32. The maximum absolute atomic E-state index is 12.5. The first-order valence-corrected chi connectivity index (χ1v) is 9.35. The number of hydrogen-bond acceptors (Lipinski definition) is 4. The Morgan fingerprint density at radius 1 is 1.21 bits per heavy atom. The van der Waals surface area contributed by atoms with Crippen LogP contribution in [0.25, 0.3) is 0 Å². The Kier molecular flexibility index (Phi) is 9.45. The van der Waals surface area contributed by atoms with Crippen molar-refractivity contribution >= 4 is 28.0 Å². The van der Waals surface area contributed by atoms with Crippen molar-refractivity contribution in [2.75, 3.05) is 18.5 Å².